The fourth-order valence-corrected chi connectivity index (χ4v) is 3.89. The summed E-state index contributed by atoms with van der Waals surface area (Å²) >= 11 is 1.97. The molecular weight excluding hydrogens is 202 g/mol. The second kappa shape index (κ2) is 3.33. The Bertz CT molecular complexity index is 374. The summed E-state index contributed by atoms with van der Waals surface area (Å²) in [6, 6.07) is 0.824. The van der Waals surface area contributed by atoms with Gasteiger partial charge in [-0.2, -0.15) is 0 Å². The van der Waals surface area contributed by atoms with Crippen LogP contribution < -0.4 is 5.32 Å². The van der Waals surface area contributed by atoms with Gasteiger partial charge in [-0.3, -0.25) is 0 Å². The fraction of sp³-hybridized carbons (Fsp3) is 0.692. The van der Waals surface area contributed by atoms with Crippen molar-refractivity contribution in [2.45, 2.75) is 57.5 Å². The standard InChI is InChI=1S/C13H19NS/c1-13(2)6-5-11-12(13)9(8-15-11)7-14-10-3-4-10/h8,10,14H,3-7H2,1-2H3. The number of fused-ring (bicyclic) bond motifs is 1. The van der Waals surface area contributed by atoms with Gasteiger partial charge in [0, 0.05) is 17.5 Å². The van der Waals surface area contributed by atoms with E-state index in [9.17, 15) is 0 Å². The van der Waals surface area contributed by atoms with Crippen LogP contribution >= 0.6 is 11.3 Å². The monoisotopic (exact) mass is 221 g/mol. The minimum absolute atomic E-state index is 0.426. The Morgan fingerprint density at radius 3 is 3.00 bits per heavy atom. The molecule has 2 aliphatic carbocycles. The molecule has 2 aliphatic rings. The molecule has 1 N–H and O–H groups in total. The van der Waals surface area contributed by atoms with E-state index >= 15 is 0 Å². The quantitative estimate of drug-likeness (QED) is 0.826. The zero-order valence-electron chi connectivity index (χ0n) is 9.60. The van der Waals surface area contributed by atoms with Crippen molar-refractivity contribution in [3.8, 4) is 0 Å². The summed E-state index contributed by atoms with van der Waals surface area (Å²) in [5, 5.41) is 6.01. The van der Waals surface area contributed by atoms with Crippen molar-refractivity contribution in [1.82, 2.24) is 5.32 Å². The maximum atomic E-state index is 3.63. The summed E-state index contributed by atoms with van der Waals surface area (Å²) in [6.45, 7) is 5.89. The van der Waals surface area contributed by atoms with Crippen molar-refractivity contribution in [3.63, 3.8) is 0 Å². The van der Waals surface area contributed by atoms with Gasteiger partial charge in [0.2, 0.25) is 0 Å². The van der Waals surface area contributed by atoms with Crippen LogP contribution in [0.15, 0.2) is 5.38 Å². The molecule has 1 heterocycles. The average Bonchev–Trinajstić information content (AvgIpc) is 2.83. The van der Waals surface area contributed by atoms with Crippen LogP contribution in [0.5, 0.6) is 0 Å². The van der Waals surface area contributed by atoms with Crippen LogP contribution in [0.4, 0.5) is 0 Å². The van der Waals surface area contributed by atoms with Gasteiger partial charge >= 0.3 is 0 Å². The van der Waals surface area contributed by atoms with E-state index in [1.807, 2.05) is 11.3 Å². The molecule has 82 valence electrons. The van der Waals surface area contributed by atoms with Crippen LogP contribution in [0.1, 0.15) is 49.1 Å². The fourth-order valence-electron chi connectivity index (χ4n) is 2.66. The Hall–Kier alpha value is -0.340. The molecule has 1 nitrogen and oxygen atoms in total. The summed E-state index contributed by atoms with van der Waals surface area (Å²) in [5.41, 5.74) is 3.67. The van der Waals surface area contributed by atoms with Crippen molar-refractivity contribution >= 4 is 11.3 Å². The molecule has 0 spiro atoms. The third-order valence-corrected chi connectivity index (χ3v) is 4.85. The SMILES string of the molecule is CC1(C)CCc2scc(CNC3CC3)c21. The molecule has 1 aromatic heterocycles. The van der Waals surface area contributed by atoms with Gasteiger partial charge in [-0.05, 0) is 47.6 Å². The third kappa shape index (κ3) is 1.74. The Balaban J connectivity index is 1.82. The molecule has 0 unspecified atom stereocenters. The van der Waals surface area contributed by atoms with Gasteiger partial charge in [-0.15, -0.1) is 11.3 Å². The highest BCUT2D eigenvalue weighted by Gasteiger charge is 2.33. The normalized spacial score (nSPS) is 23.1. The Kier molecular flexibility index (Phi) is 2.18. The largest absolute Gasteiger partial charge is 0.310 e. The first kappa shape index (κ1) is 9.86. The van der Waals surface area contributed by atoms with E-state index in [1.165, 1.54) is 25.7 Å². The van der Waals surface area contributed by atoms with E-state index in [0.29, 0.717) is 5.41 Å². The van der Waals surface area contributed by atoms with E-state index in [0.717, 1.165) is 12.6 Å². The molecule has 1 saturated carbocycles. The van der Waals surface area contributed by atoms with Gasteiger partial charge in [0.15, 0.2) is 0 Å². The average molecular weight is 221 g/mol. The second-order valence-electron chi connectivity index (χ2n) is 5.60. The van der Waals surface area contributed by atoms with Crippen LogP contribution in [-0.4, -0.2) is 6.04 Å². The number of rotatable bonds is 3. The number of hydrogen-bond donors (Lipinski definition) is 1. The zero-order chi connectivity index (χ0) is 10.5. The minimum atomic E-state index is 0.426. The molecule has 0 atom stereocenters. The highest BCUT2D eigenvalue weighted by molar-refractivity contribution is 7.10. The predicted octanol–water partition coefficient (Wildman–Crippen LogP) is 3.22. The number of thiophene rings is 1. The summed E-state index contributed by atoms with van der Waals surface area (Å²) in [5.74, 6) is 0. The first-order chi connectivity index (χ1) is 7.17. The van der Waals surface area contributed by atoms with Crippen LogP contribution in [0.3, 0.4) is 0 Å². The van der Waals surface area contributed by atoms with Crippen molar-refractivity contribution in [1.29, 1.82) is 0 Å². The molecule has 1 fully saturated rings. The lowest BCUT2D eigenvalue weighted by Crippen LogP contribution is -2.19. The Morgan fingerprint density at radius 2 is 2.27 bits per heavy atom. The molecule has 0 aromatic carbocycles. The molecule has 1 aromatic rings. The van der Waals surface area contributed by atoms with Crippen LogP contribution in [0, 0.1) is 0 Å². The smallest absolute Gasteiger partial charge is 0.0219 e. The van der Waals surface area contributed by atoms with Crippen LogP contribution in [-0.2, 0) is 18.4 Å². The number of hydrogen-bond acceptors (Lipinski definition) is 2. The highest BCUT2D eigenvalue weighted by Crippen LogP contribution is 2.43. The van der Waals surface area contributed by atoms with Crippen LogP contribution in [0.2, 0.25) is 0 Å². The van der Waals surface area contributed by atoms with Crippen molar-refractivity contribution in [2.24, 2.45) is 0 Å². The van der Waals surface area contributed by atoms with Crippen molar-refractivity contribution in [3.05, 3.63) is 21.4 Å². The van der Waals surface area contributed by atoms with E-state index < -0.39 is 0 Å². The van der Waals surface area contributed by atoms with E-state index in [1.54, 1.807) is 16.0 Å². The highest BCUT2D eigenvalue weighted by atomic mass is 32.1. The van der Waals surface area contributed by atoms with Crippen molar-refractivity contribution < 1.29 is 0 Å². The molecule has 2 heteroatoms. The van der Waals surface area contributed by atoms with E-state index in [-0.39, 0.29) is 0 Å². The molecule has 15 heavy (non-hydrogen) atoms. The van der Waals surface area contributed by atoms with Gasteiger partial charge < -0.3 is 5.32 Å². The first-order valence-electron chi connectivity index (χ1n) is 6.00. The summed E-state index contributed by atoms with van der Waals surface area (Å²) in [7, 11) is 0. The topological polar surface area (TPSA) is 12.0 Å². The molecule has 0 saturated heterocycles. The molecule has 0 aliphatic heterocycles. The zero-order valence-corrected chi connectivity index (χ0v) is 10.4. The molecule has 0 bridgehead atoms. The lowest BCUT2D eigenvalue weighted by Gasteiger charge is -2.20. The van der Waals surface area contributed by atoms with Gasteiger partial charge in [0.1, 0.15) is 0 Å². The number of nitrogens with one attached hydrogen (secondary N) is 1. The molecule has 0 amide bonds. The predicted molar refractivity (Wildman–Crippen MR) is 65.5 cm³/mol. The minimum Gasteiger partial charge on any atom is -0.310 e. The summed E-state index contributed by atoms with van der Waals surface area (Å²) in [6.07, 6.45) is 5.41. The summed E-state index contributed by atoms with van der Waals surface area (Å²) in [4.78, 5) is 1.65. The molecule has 0 radical (unpaired) electrons. The maximum Gasteiger partial charge on any atom is 0.0219 e. The first-order valence-corrected chi connectivity index (χ1v) is 6.88. The van der Waals surface area contributed by atoms with Gasteiger partial charge in [-0.1, -0.05) is 13.8 Å². The van der Waals surface area contributed by atoms with Gasteiger partial charge in [0.05, 0.1) is 0 Å². The van der Waals surface area contributed by atoms with Gasteiger partial charge in [0.25, 0.3) is 0 Å². The number of aryl methyl sites for hydroxylation is 1. The second-order valence-corrected chi connectivity index (χ2v) is 6.56. The van der Waals surface area contributed by atoms with E-state index in [2.05, 4.69) is 24.5 Å². The maximum absolute atomic E-state index is 3.63. The third-order valence-electron chi connectivity index (χ3n) is 3.76. The summed E-state index contributed by atoms with van der Waals surface area (Å²) < 4.78 is 0. The lowest BCUT2D eigenvalue weighted by atomic mass is 9.85. The van der Waals surface area contributed by atoms with Crippen LogP contribution in [0.25, 0.3) is 0 Å². The molecular formula is C13H19NS. The van der Waals surface area contributed by atoms with E-state index in [4.69, 9.17) is 0 Å². The molecule has 3 rings (SSSR count). The Morgan fingerprint density at radius 1 is 1.47 bits per heavy atom. The van der Waals surface area contributed by atoms with Gasteiger partial charge in [-0.25, -0.2) is 0 Å². The Labute approximate surface area is 95.9 Å². The lowest BCUT2D eigenvalue weighted by molar-refractivity contribution is 0.515. The van der Waals surface area contributed by atoms with Crippen molar-refractivity contribution in [2.75, 3.05) is 0 Å².